The quantitative estimate of drug-likeness (QED) is 0.550. The summed E-state index contributed by atoms with van der Waals surface area (Å²) in [5.41, 5.74) is 0. The van der Waals surface area contributed by atoms with Gasteiger partial charge >= 0.3 is 0 Å². The zero-order valence-electron chi connectivity index (χ0n) is 5.50. The van der Waals surface area contributed by atoms with Gasteiger partial charge in [-0.1, -0.05) is 0 Å². The lowest BCUT2D eigenvalue weighted by molar-refractivity contribution is 0.0813. The molecule has 0 bridgehead atoms. The van der Waals surface area contributed by atoms with Crippen molar-refractivity contribution in [2.24, 2.45) is 5.92 Å². The molecule has 0 aromatic heterocycles. The summed E-state index contributed by atoms with van der Waals surface area (Å²) in [6.45, 7) is 2.54. The molecule has 1 unspecified atom stereocenters. The van der Waals surface area contributed by atoms with Crippen molar-refractivity contribution in [3.8, 4) is 6.07 Å². The van der Waals surface area contributed by atoms with Crippen LogP contribution in [0.5, 0.6) is 0 Å². The third kappa shape index (κ3) is 5.28. The molecule has 0 saturated heterocycles. The topological polar surface area (TPSA) is 53.2 Å². The van der Waals surface area contributed by atoms with E-state index < -0.39 is 0 Å². The maximum Gasteiger partial charge on any atom is 0.0698 e. The Hall–Kier alpha value is -0.590. The molecule has 0 amide bonds. The SMILES string of the molecule is CC(C#N)COCCO. The lowest BCUT2D eigenvalue weighted by Gasteiger charge is -2.01. The van der Waals surface area contributed by atoms with Crippen LogP contribution in [0.4, 0.5) is 0 Å². The minimum atomic E-state index is -0.0726. The van der Waals surface area contributed by atoms with Crippen molar-refractivity contribution in [2.45, 2.75) is 6.92 Å². The Morgan fingerprint density at radius 3 is 2.89 bits per heavy atom. The average molecular weight is 129 g/mol. The van der Waals surface area contributed by atoms with Crippen LogP contribution >= 0.6 is 0 Å². The third-order valence-electron chi connectivity index (χ3n) is 0.824. The summed E-state index contributed by atoms with van der Waals surface area (Å²) < 4.78 is 4.86. The molecule has 0 radical (unpaired) electrons. The third-order valence-corrected chi connectivity index (χ3v) is 0.824. The first-order valence-corrected chi connectivity index (χ1v) is 2.89. The highest BCUT2D eigenvalue weighted by molar-refractivity contribution is 4.77. The molecule has 0 heterocycles. The van der Waals surface area contributed by atoms with Crippen molar-refractivity contribution in [2.75, 3.05) is 19.8 Å². The van der Waals surface area contributed by atoms with Crippen LogP contribution in [-0.2, 0) is 4.74 Å². The Bertz CT molecular complexity index is 97.7. The van der Waals surface area contributed by atoms with Crippen molar-refractivity contribution >= 4 is 0 Å². The molecule has 9 heavy (non-hydrogen) atoms. The van der Waals surface area contributed by atoms with Crippen LogP contribution in [0.25, 0.3) is 0 Å². The van der Waals surface area contributed by atoms with Crippen LogP contribution in [0.3, 0.4) is 0 Å². The number of aliphatic hydroxyl groups is 1. The largest absolute Gasteiger partial charge is 0.394 e. The van der Waals surface area contributed by atoms with Gasteiger partial charge in [-0.2, -0.15) is 5.26 Å². The predicted molar refractivity (Wildman–Crippen MR) is 32.7 cm³/mol. The van der Waals surface area contributed by atoms with Gasteiger partial charge in [0.1, 0.15) is 0 Å². The van der Waals surface area contributed by atoms with Gasteiger partial charge in [0.05, 0.1) is 31.8 Å². The fourth-order valence-corrected chi connectivity index (χ4v) is 0.362. The highest BCUT2D eigenvalue weighted by atomic mass is 16.5. The van der Waals surface area contributed by atoms with Gasteiger partial charge in [0, 0.05) is 0 Å². The summed E-state index contributed by atoms with van der Waals surface area (Å²) in [7, 11) is 0. The number of aliphatic hydroxyl groups excluding tert-OH is 1. The first kappa shape index (κ1) is 8.41. The lowest BCUT2D eigenvalue weighted by Crippen LogP contribution is -2.06. The fourth-order valence-electron chi connectivity index (χ4n) is 0.362. The van der Waals surface area contributed by atoms with Gasteiger partial charge in [0.25, 0.3) is 0 Å². The molecular weight excluding hydrogens is 118 g/mol. The van der Waals surface area contributed by atoms with Gasteiger partial charge in [-0.05, 0) is 6.92 Å². The van der Waals surface area contributed by atoms with Crippen molar-refractivity contribution in [3.63, 3.8) is 0 Å². The monoisotopic (exact) mass is 129 g/mol. The average Bonchev–Trinajstić information content (AvgIpc) is 1.89. The predicted octanol–water partition coefficient (Wildman–Crippen LogP) is 0.155. The highest BCUT2D eigenvalue weighted by Gasteiger charge is 1.96. The number of rotatable bonds is 4. The maximum atomic E-state index is 8.24. The van der Waals surface area contributed by atoms with E-state index in [2.05, 4.69) is 0 Å². The Balaban J connectivity index is 2.99. The van der Waals surface area contributed by atoms with Crippen LogP contribution in [0.15, 0.2) is 0 Å². The van der Waals surface area contributed by atoms with Crippen LogP contribution in [0.2, 0.25) is 0 Å². The number of hydrogen-bond donors (Lipinski definition) is 1. The normalized spacial score (nSPS) is 12.6. The summed E-state index contributed by atoms with van der Waals surface area (Å²) in [4.78, 5) is 0. The van der Waals surface area contributed by atoms with Crippen LogP contribution in [0.1, 0.15) is 6.92 Å². The minimum absolute atomic E-state index is 0.0259. The Morgan fingerprint density at radius 2 is 2.44 bits per heavy atom. The Kier molecular flexibility index (Phi) is 5.18. The number of ether oxygens (including phenoxy) is 1. The molecule has 3 nitrogen and oxygen atoms in total. The summed E-state index contributed by atoms with van der Waals surface area (Å²) >= 11 is 0. The van der Waals surface area contributed by atoms with Gasteiger partial charge < -0.3 is 9.84 Å². The molecule has 1 atom stereocenters. The smallest absolute Gasteiger partial charge is 0.0698 e. The van der Waals surface area contributed by atoms with E-state index >= 15 is 0 Å². The molecule has 0 spiro atoms. The Morgan fingerprint density at radius 1 is 1.78 bits per heavy atom. The van der Waals surface area contributed by atoms with Gasteiger partial charge in [0.15, 0.2) is 0 Å². The molecule has 0 fully saturated rings. The van der Waals surface area contributed by atoms with Gasteiger partial charge in [-0.15, -0.1) is 0 Å². The zero-order valence-corrected chi connectivity index (χ0v) is 5.50. The lowest BCUT2D eigenvalue weighted by atomic mass is 10.2. The molecular formula is C6H11NO2. The first-order chi connectivity index (χ1) is 4.31. The second-order valence-corrected chi connectivity index (χ2v) is 1.83. The van der Waals surface area contributed by atoms with E-state index in [0.717, 1.165) is 0 Å². The molecule has 0 rings (SSSR count). The van der Waals surface area contributed by atoms with Crippen molar-refractivity contribution in [1.82, 2.24) is 0 Å². The summed E-state index contributed by atoms with van der Waals surface area (Å²) in [5, 5.41) is 16.5. The van der Waals surface area contributed by atoms with Crippen molar-refractivity contribution in [3.05, 3.63) is 0 Å². The molecule has 0 aromatic rings. The second-order valence-electron chi connectivity index (χ2n) is 1.83. The van der Waals surface area contributed by atoms with E-state index in [0.29, 0.717) is 13.2 Å². The molecule has 1 N–H and O–H groups in total. The molecule has 0 saturated carbocycles. The van der Waals surface area contributed by atoms with Crippen molar-refractivity contribution < 1.29 is 9.84 Å². The van der Waals surface area contributed by atoms with E-state index in [1.54, 1.807) is 6.92 Å². The standard InChI is InChI=1S/C6H11NO2/c1-6(4-7)5-9-3-2-8/h6,8H,2-3,5H2,1H3. The van der Waals surface area contributed by atoms with Crippen LogP contribution < -0.4 is 0 Å². The number of nitriles is 1. The second kappa shape index (κ2) is 5.54. The van der Waals surface area contributed by atoms with E-state index in [4.69, 9.17) is 15.1 Å². The van der Waals surface area contributed by atoms with E-state index in [-0.39, 0.29) is 12.5 Å². The summed E-state index contributed by atoms with van der Waals surface area (Å²) in [5.74, 6) is -0.0726. The highest BCUT2D eigenvalue weighted by Crippen LogP contribution is 1.90. The van der Waals surface area contributed by atoms with Crippen molar-refractivity contribution in [1.29, 1.82) is 5.26 Å². The van der Waals surface area contributed by atoms with Crippen LogP contribution in [0, 0.1) is 17.2 Å². The number of nitrogens with zero attached hydrogens (tertiary/aromatic N) is 1. The zero-order chi connectivity index (χ0) is 7.11. The van der Waals surface area contributed by atoms with Gasteiger partial charge in [0.2, 0.25) is 0 Å². The maximum absolute atomic E-state index is 8.24. The minimum Gasteiger partial charge on any atom is -0.394 e. The molecule has 0 aromatic carbocycles. The molecule has 0 aliphatic heterocycles. The molecule has 3 heteroatoms. The molecule has 0 aliphatic rings. The Labute approximate surface area is 54.9 Å². The number of hydrogen-bond acceptors (Lipinski definition) is 3. The first-order valence-electron chi connectivity index (χ1n) is 2.89. The van der Waals surface area contributed by atoms with Crippen LogP contribution in [-0.4, -0.2) is 24.9 Å². The molecule has 52 valence electrons. The van der Waals surface area contributed by atoms with Gasteiger partial charge in [-0.3, -0.25) is 0 Å². The van der Waals surface area contributed by atoms with E-state index in [1.807, 2.05) is 6.07 Å². The van der Waals surface area contributed by atoms with E-state index in [9.17, 15) is 0 Å². The van der Waals surface area contributed by atoms with Gasteiger partial charge in [-0.25, -0.2) is 0 Å². The van der Waals surface area contributed by atoms with E-state index in [1.165, 1.54) is 0 Å². The molecule has 0 aliphatic carbocycles. The summed E-state index contributed by atoms with van der Waals surface area (Å²) in [6, 6.07) is 2.02. The fraction of sp³-hybridized carbons (Fsp3) is 0.833. The summed E-state index contributed by atoms with van der Waals surface area (Å²) in [6.07, 6.45) is 0.